The molecule has 1 aromatic rings. The van der Waals surface area contributed by atoms with Gasteiger partial charge in [0, 0.05) is 5.75 Å². The fourth-order valence-corrected chi connectivity index (χ4v) is 1.54. The van der Waals surface area contributed by atoms with E-state index in [0.29, 0.717) is 0 Å². The summed E-state index contributed by atoms with van der Waals surface area (Å²) in [7, 11) is 0. The van der Waals surface area contributed by atoms with E-state index >= 15 is 0 Å². The number of hydrogen-bond donors (Lipinski definition) is 1. The second-order valence-corrected chi connectivity index (χ2v) is 3.28. The number of oxazole rings is 1. The van der Waals surface area contributed by atoms with E-state index in [4.69, 9.17) is 10.2 Å². The number of hydrogen-bond acceptors (Lipinski definition) is 4. The van der Waals surface area contributed by atoms with Gasteiger partial charge in [-0.15, -0.1) is 0 Å². The number of aromatic nitrogens is 1. The third kappa shape index (κ3) is 3.43. The van der Waals surface area contributed by atoms with Gasteiger partial charge in [-0.05, 0) is 18.7 Å². The molecule has 0 bridgehead atoms. The molecule has 0 unspecified atom stereocenters. The maximum atomic E-state index is 5.34. The van der Waals surface area contributed by atoms with E-state index in [9.17, 15) is 0 Å². The van der Waals surface area contributed by atoms with Crippen LogP contribution in [0.25, 0.3) is 0 Å². The van der Waals surface area contributed by atoms with Crippen molar-refractivity contribution in [2.45, 2.75) is 12.2 Å². The second kappa shape index (κ2) is 5.21. The van der Waals surface area contributed by atoms with Crippen molar-refractivity contribution in [1.29, 1.82) is 0 Å². The lowest BCUT2D eigenvalue weighted by Crippen LogP contribution is -1.99. The summed E-state index contributed by atoms with van der Waals surface area (Å²) in [5, 5.41) is 0. The summed E-state index contributed by atoms with van der Waals surface area (Å²) in [5.74, 6) is 2.03. The standard InChI is InChI=1S/C7H12N2OS/c8-2-1-3-11-5-7-4-10-6-9-7/h4,6H,1-3,5,8H2. The summed E-state index contributed by atoms with van der Waals surface area (Å²) in [6, 6.07) is 0. The van der Waals surface area contributed by atoms with Crippen LogP contribution in [0.3, 0.4) is 0 Å². The van der Waals surface area contributed by atoms with Crippen molar-refractivity contribution in [3.8, 4) is 0 Å². The Labute approximate surface area is 70.4 Å². The zero-order chi connectivity index (χ0) is 7.94. The van der Waals surface area contributed by atoms with Crippen LogP contribution in [0.2, 0.25) is 0 Å². The van der Waals surface area contributed by atoms with Gasteiger partial charge in [0.15, 0.2) is 6.39 Å². The Kier molecular flexibility index (Phi) is 4.08. The molecule has 0 aliphatic rings. The highest BCUT2D eigenvalue weighted by atomic mass is 32.2. The topological polar surface area (TPSA) is 52.0 Å². The van der Waals surface area contributed by atoms with Crippen molar-refractivity contribution in [3.05, 3.63) is 18.4 Å². The van der Waals surface area contributed by atoms with E-state index in [1.807, 2.05) is 11.8 Å². The Morgan fingerprint density at radius 3 is 3.18 bits per heavy atom. The molecule has 0 atom stereocenters. The maximum Gasteiger partial charge on any atom is 0.180 e. The molecule has 2 N–H and O–H groups in total. The fourth-order valence-electron chi connectivity index (χ4n) is 0.671. The summed E-state index contributed by atoms with van der Waals surface area (Å²) in [6.45, 7) is 0.770. The molecule has 0 aliphatic heterocycles. The van der Waals surface area contributed by atoms with Crippen LogP contribution in [-0.4, -0.2) is 17.3 Å². The summed E-state index contributed by atoms with van der Waals surface area (Å²) in [5.41, 5.74) is 6.35. The lowest BCUT2D eigenvalue weighted by atomic mass is 10.5. The largest absolute Gasteiger partial charge is 0.451 e. The molecule has 1 aromatic heterocycles. The van der Waals surface area contributed by atoms with Gasteiger partial charge < -0.3 is 10.2 Å². The smallest absolute Gasteiger partial charge is 0.180 e. The SMILES string of the molecule is NCCCSCc1cocn1. The summed E-state index contributed by atoms with van der Waals surface area (Å²) >= 11 is 1.83. The molecule has 0 saturated carbocycles. The molecule has 4 heteroatoms. The van der Waals surface area contributed by atoms with Crippen LogP contribution in [0, 0.1) is 0 Å². The first-order chi connectivity index (χ1) is 5.43. The Bertz CT molecular complexity index is 177. The number of nitrogens with two attached hydrogens (primary N) is 1. The molecule has 0 radical (unpaired) electrons. The first kappa shape index (κ1) is 8.62. The Morgan fingerprint density at radius 2 is 2.55 bits per heavy atom. The molecule has 0 aromatic carbocycles. The Hall–Kier alpha value is -0.480. The first-order valence-electron chi connectivity index (χ1n) is 3.58. The zero-order valence-electron chi connectivity index (χ0n) is 6.32. The summed E-state index contributed by atoms with van der Waals surface area (Å²) in [4.78, 5) is 4.00. The Morgan fingerprint density at radius 1 is 1.64 bits per heavy atom. The van der Waals surface area contributed by atoms with Crippen LogP contribution >= 0.6 is 11.8 Å². The second-order valence-electron chi connectivity index (χ2n) is 2.17. The monoisotopic (exact) mass is 172 g/mol. The lowest BCUT2D eigenvalue weighted by Gasteiger charge is -1.95. The Balaban J connectivity index is 2.04. The van der Waals surface area contributed by atoms with Crippen molar-refractivity contribution in [2.24, 2.45) is 5.73 Å². The minimum Gasteiger partial charge on any atom is -0.451 e. The molecule has 0 aliphatic carbocycles. The van der Waals surface area contributed by atoms with Crippen molar-refractivity contribution >= 4 is 11.8 Å². The van der Waals surface area contributed by atoms with E-state index in [0.717, 1.165) is 30.2 Å². The van der Waals surface area contributed by atoms with Gasteiger partial charge in [-0.2, -0.15) is 11.8 Å². The molecule has 1 rings (SSSR count). The van der Waals surface area contributed by atoms with Gasteiger partial charge in [0.05, 0.1) is 5.69 Å². The van der Waals surface area contributed by atoms with E-state index in [-0.39, 0.29) is 0 Å². The van der Waals surface area contributed by atoms with Crippen LogP contribution in [0.15, 0.2) is 17.1 Å². The first-order valence-corrected chi connectivity index (χ1v) is 4.74. The predicted molar refractivity (Wildman–Crippen MR) is 46.3 cm³/mol. The van der Waals surface area contributed by atoms with Gasteiger partial charge in [-0.1, -0.05) is 0 Å². The average Bonchev–Trinajstić information content (AvgIpc) is 2.50. The third-order valence-electron chi connectivity index (χ3n) is 1.23. The van der Waals surface area contributed by atoms with Gasteiger partial charge in [-0.25, -0.2) is 4.98 Å². The molecule has 1 heterocycles. The molecular weight excluding hydrogens is 160 g/mol. The van der Waals surface area contributed by atoms with E-state index in [2.05, 4.69) is 4.98 Å². The van der Waals surface area contributed by atoms with Crippen LogP contribution in [0.4, 0.5) is 0 Å². The third-order valence-corrected chi connectivity index (χ3v) is 2.30. The van der Waals surface area contributed by atoms with Crippen molar-refractivity contribution in [2.75, 3.05) is 12.3 Å². The van der Waals surface area contributed by atoms with Crippen LogP contribution in [-0.2, 0) is 5.75 Å². The molecular formula is C7H12N2OS. The zero-order valence-corrected chi connectivity index (χ0v) is 7.14. The predicted octanol–water partition coefficient (Wildman–Crippen LogP) is 1.26. The molecule has 3 nitrogen and oxygen atoms in total. The van der Waals surface area contributed by atoms with Crippen molar-refractivity contribution in [1.82, 2.24) is 4.98 Å². The number of nitrogens with zero attached hydrogens (tertiary/aromatic N) is 1. The lowest BCUT2D eigenvalue weighted by molar-refractivity contribution is 0.557. The van der Waals surface area contributed by atoms with Crippen molar-refractivity contribution in [3.63, 3.8) is 0 Å². The molecule has 0 amide bonds. The molecule has 0 spiro atoms. The van der Waals surface area contributed by atoms with Gasteiger partial charge in [-0.3, -0.25) is 0 Å². The highest BCUT2D eigenvalue weighted by molar-refractivity contribution is 7.98. The number of thioether (sulfide) groups is 1. The molecule has 62 valence electrons. The highest BCUT2D eigenvalue weighted by Gasteiger charge is 1.94. The molecule has 11 heavy (non-hydrogen) atoms. The maximum absolute atomic E-state index is 5.34. The van der Waals surface area contributed by atoms with Crippen LogP contribution in [0.1, 0.15) is 12.1 Å². The average molecular weight is 172 g/mol. The minimum atomic E-state index is 0.770. The van der Waals surface area contributed by atoms with E-state index in [1.165, 1.54) is 6.39 Å². The normalized spacial score (nSPS) is 10.3. The van der Waals surface area contributed by atoms with Crippen molar-refractivity contribution < 1.29 is 4.42 Å². The summed E-state index contributed by atoms with van der Waals surface area (Å²) < 4.78 is 4.82. The quantitative estimate of drug-likeness (QED) is 0.679. The minimum absolute atomic E-state index is 0.770. The van der Waals surface area contributed by atoms with Gasteiger partial charge >= 0.3 is 0 Å². The fraction of sp³-hybridized carbons (Fsp3) is 0.571. The van der Waals surface area contributed by atoms with Gasteiger partial charge in [0.2, 0.25) is 0 Å². The highest BCUT2D eigenvalue weighted by Crippen LogP contribution is 2.10. The van der Waals surface area contributed by atoms with Crippen LogP contribution in [0.5, 0.6) is 0 Å². The summed E-state index contributed by atoms with van der Waals surface area (Å²) in [6.07, 6.45) is 4.21. The van der Waals surface area contributed by atoms with E-state index < -0.39 is 0 Å². The molecule has 0 fully saturated rings. The number of rotatable bonds is 5. The van der Waals surface area contributed by atoms with Crippen LogP contribution < -0.4 is 5.73 Å². The van der Waals surface area contributed by atoms with Gasteiger partial charge in [0.1, 0.15) is 6.26 Å². The van der Waals surface area contributed by atoms with E-state index in [1.54, 1.807) is 6.26 Å². The molecule has 0 saturated heterocycles. The van der Waals surface area contributed by atoms with Gasteiger partial charge in [0.25, 0.3) is 0 Å².